The van der Waals surface area contributed by atoms with Crippen molar-refractivity contribution < 1.29 is 14.0 Å². The fourth-order valence-electron chi connectivity index (χ4n) is 5.29. The van der Waals surface area contributed by atoms with Crippen molar-refractivity contribution in [2.75, 3.05) is 30.3 Å². The maximum Gasteiger partial charge on any atom is 0.284 e. The number of hydrogen-bond donors (Lipinski definition) is 3. The van der Waals surface area contributed by atoms with Crippen LogP contribution in [0.3, 0.4) is 0 Å². The molecule has 4 aromatic rings. The Morgan fingerprint density at radius 1 is 0.976 bits per heavy atom. The number of nitrogens with zero attached hydrogens (tertiary/aromatic N) is 3. The van der Waals surface area contributed by atoms with Crippen molar-refractivity contribution in [3.05, 3.63) is 92.4 Å². The molecule has 0 spiro atoms. The van der Waals surface area contributed by atoms with Crippen LogP contribution in [-0.4, -0.2) is 46.3 Å². The van der Waals surface area contributed by atoms with Gasteiger partial charge in [-0.1, -0.05) is 48.4 Å². The van der Waals surface area contributed by atoms with Crippen molar-refractivity contribution in [3.63, 3.8) is 0 Å². The zero-order chi connectivity index (χ0) is 29.1. The molecule has 1 saturated heterocycles. The zero-order valence-corrected chi connectivity index (χ0v) is 24.5. The molecule has 2 aromatic carbocycles. The van der Waals surface area contributed by atoms with Crippen LogP contribution in [0.4, 0.5) is 15.8 Å². The van der Waals surface area contributed by atoms with E-state index in [1.54, 1.807) is 42.6 Å². The number of carbonyl (C=O) groups excluding carboxylic acids is 2. The van der Waals surface area contributed by atoms with Gasteiger partial charge in [-0.3, -0.25) is 19.5 Å². The number of pyridine rings is 1. The van der Waals surface area contributed by atoms with E-state index in [1.165, 1.54) is 36.7 Å². The number of piperidine rings is 1. The average Bonchev–Trinajstić information content (AvgIpc) is 3.45. The van der Waals surface area contributed by atoms with E-state index < -0.39 is 17.6 Å². The standard InChI is InChI=1S/C31H30ClFN6O2S/c32-27-20(21-7-5-9-24(28(21)33)37-30(41)31-38-22-12-13-34-17-26(22)42-31)6-4-8-23(27)36-29(40)25-11-10-19(16-35-25)18-39-14-2-1-3-15-39/h4-11,16,34H,1-3,12-15,17-18H2,(H,36,40)(H,37,41). The topological polar surface area (TPSA) is 99.2 Å². The molecule has 2 aliphatic rings. The molecule has 0 aliphatic carbocycles. The number of halogens is 2. The minimum atomic E-state index is -0.634. The Labute approximate surface area is 252 Å². The molecular weight excluding hydrogens is 575 g/mol. The first-order valence-corrected chi connectivity index (χ1v) is 15.2. The van der Waals surface area contributed by atoms with Crippen LogP contribution in [0.1, 0.15) is 55.7 Å². The maximum atomic E-state index is 15.7. The fourth-order valence-corrected chi connectivity index (χ4v) is 6.53. The Kier molecular flexibility index (Phi) is 8.57. The van der Waals surface area contributed by atoms with Gasteiger partial charge in [-0.15, -0.1) is 11.3 Å². The van der Waals surface area contributed by atoms with Crippen LogP contribution < -0.4 is 16.0 Å². The van der Waals surface area contributed by atoms with Crippen molar-refractivity contribution in [1.82, 2.24) is 20.2 Å². The zero-order valence-electron chi connectivity index (χ0n) is 22.9. The molecule has 8 nitrogen and oxygen atoms in total. The third kappa shape index (κ3) is 6.22. The second-order valence-corrected chi connectivity index (χ2v) is 11.9. The lowest BCUT2D eigenvalue weighted by Gasteiger charge is -2.26. The van der Waals surface area contributed by atoms with E-state index in [0.717, 1.165) is 48.7 Å². The summed E-state index contributed by atoms with van der Waals surface area (Å²) in [6.07, 6.45) is 6.19. The average molecular weight is 605 g/mol. The van der Waals surface area contributed by atoms with Crippen molar-refractivity contribution in [1.29, 1.82) is 0 Å². The number of rotatable bonds is 7. The largest absolute Gasteiger partial charge is 0.319 e. The number of thiazole rings is 1. The molecule has 0 saturated carbocycles. The molecule has 11 heteroatoms. The van der Waals surface area contributed by atoms with Crippen LogP contribution in [0.5, 0.6) is 0 Å². The van der Waals surface area contributed by atoms with E-state index in [0.29, 0.717) is 22.8 Å². The Morgan fingerprint density at radius 3 is 2.50 bits per heavy atom. The van der Waals surface area contributed by atoms with E-state index in [2.05, 4.69) is 30.8 Å². The van der Waals surface area contributed by atoms with Crippen LogP contribution in [0, 0.1) is 5.82 Å². The molecule has 3 N–H and O–H groups in total. The third-order valence-corrected chi connectivity index (χ3v) is 9.00. The van der Waals surface area contributed by atoms with Crippen molar-refractivity contribution in [2.45, 2.75) is 38.8 Å². The van der Waals surface area contributed by atoms with Gasteiger partial charge in [0.25, 0.3) is 11.8 Å². The Hall–Kier alpha value is -3.70. The molecule has 6 rings (SSSR count). The molecule has 42 heavy (non-hydrogen) atoms. The molecule has 2 aliphatic heterocycles. The Balaban J connectivity index is 1.16. The molecule has 1 fully saturated rings. The summed E-state index contributed by atoms with van der Waals surface area (Å²) in [5, 5.41) is 9.19. The second kappa shape index (κ2) is 12.7. The first kappa shape index (κ1) is 28.4. The minimum Gasteiger partial charge on any atom is -0.319 e. The summed E-state index contributed by atoms with van der Waals surface area (Å²) < 4.78 is 15.7. The first-order valence-electron chi connectivity index (χ1n) is 14.0. The van der Waals surface area contributed by atoms with Gasteiger partial charge in [0.2, 0.25) is 0 Å². The summed E-state index contributed by atoms with van der Waals surface area (Å²) in [6, 6.07) is 13.3. The lowest BCUT2D eigenvalue weighted by molar-refractivity contribution is 0.101. The van der Waals surface area contributed by atoms with Gasteiger partial charge in [0.15, 0.2) is 10.8 Å². The lowest BCUT2D eigenvalue weighted by atomic mass is 10.0. The van der Waals surface area contributed by atoms with Crippen LogP contribution in [0.2, 0.25) is 5.02 Å². The molecule has 0 unspecified atom stereocenters. The van der Waals surface area contributed by atoms with Gasteiger partial charge in [-0.2, -0.15) is 0 Å². The highest BCUT2D eigenvalue weighted by Crippen LogP contribution is 2.37. The Bertz CT molecular complexity index is 1600. The number of likely N-dealkylation sites (tertiary alicyclic amines) is 1. The fraction of sp³-hybridized carbons (Fsp3) is 0.290. The van der Waals surface area contributed by atoms with Crippen LogP contribution in [-0.2, 0) is 19.5 Å². The van der Waals surface area contributed by atoms with Crippen molar-refractivity contribution in [2.24, 2.45) is 0 Å². The number of amides is 2. The number of anilines is 2. The number of nitrogens with one attached hydrogen (secondary N) is 3. The molecule has 0 bridgehead atoms. The van der Waals surface area contributed by atoms with Gasteiger partial charge in [-0.25, -0.2) is 9.37 Å². The second-order valence-electron chi connectivity index (χ2n) is 10.4. The van der Waals surface area contributed by atoms with Crippen molar-refractivity contribution in [3.8, 4) is 11.1 Å². The highest BCUT2D eigenvalue weighted by Gasteiger charge is 2.22. The SMILES string of the molecule is O=C(Nc1cccc(-c2cccc(NC(=O)c3nc4c(s3)CNCC4)c2F)c1Cl)c1ccc(CN2CCCCC2)cn1. The molecule has 0 radical (unpaired) electrons. The lowest BCUT2D eigenvalue weighted by Crippen LogP contribution is -2.29. The molecule has 0 atom stereocenters. The van der Waals surface area contributed by atoms with Gasteiger partial charge in [-0.05, 0) is 49.7 Å². The van der Waals surface area contributed by atoms with Gasteiger partial charge in [0, 0.05) is 48.3 Å². The van der Waals surface area contributed by atoms with Gasteiger partial charge in [0.05, 0.1) is 22.1 Å². The van der Waals surface area contributed by atoms with Crippen LogP contribution in [0.25, 0.3) is 11.1 Å². The predicted molar refractivity (Wildman–Crippen MR) is 164 cm³/mol. The van der Waals surface area contributed by atoms with E-state index in [9.17, 15) is 9.59 Å². The molecule has 2 amide bonds. The number of benzene rings is 2. The summed E-state index contributed by atoms with van der Waals surface area (Å²) in [5.74, 6) is -1.52. The Morgan fingerprint density at radius 2 is 1.74 bits per heavy atom. The predicted octanol–water partition coefficient (Wildman–Crippen LogP) is 6.13. The smallest absolute Gasteiger partial charge is 0.284 e. The van der Waals surface area contributed by atoms with Crippen LogP contribution >= 0.6 is 22.9 Å². The van der Waals surface area contributed by atoms with Gasteiger partial charge >= 0.3 is 0 Å². The van der Waals surface area contributed by atoms with Crippen LogP contribution in [0.15, 0.2) is 54.7 Å². The first-order chi connectivity index (χ1) is 20.5. The summed E-state index contributed by atoms with van der Waals surface area (Å²) in [6.45, 7) is 4.47. The number of carbonyl (C=O) groups is 2. The van der Waals surface area contributed by atoms with E-state index >= 15 is 4.39 Å². The van der Waals surface area contributed by atoms with Crippen molar-refractivity contribution >= 4 is 46.1 Å². The van der Waals surface area contributed by atoms with Gasteiger partial charge < -0.3 is 16.0 Å². The molecule has 216 valence electrons. The van der Waals surface area contributed by atoms with E-state index in [-0.39, 0.29) is 22.0 Å². The normalized spacial score (nSPS) is 15.2. The maximum absolute atomic E-state index is 15.7. The van der Waals surface area contributed by atoms with E-state index in [1.807, 2.05) is 6.07 Å². The minimum absolute atomic E-state index is 0.0168. The summed E-state index contributed by atoms with van der Waals surface area (Å²) in [4.78, 5) is 38.1. The molecule has 4 heterocycles. The number of fused-ring (bicyclic) bond motifs is 1. The third-order valence-electron chi connectivity index (χ3n) is 7.49. The quantitative estimate of drug-likeness (QED) is 0.235. The number of hydrogen-bond acceptors (Lipinski definition) is 7. The number of aromatic nitrogens is 2. The highest BCUT2D eigenvalue weighted by atomic mass is 35.5. The summed E-state index contributed by atoms with van der Waals surface area (Å²) in [5.41, 5.74) is 3.14. The highest BCUT2D eigenvalue weighted by molar-refractivity contribution is 7.13. The van der Waals surface area contributed by atoms with Gasteiger partial charge in [0.1, 0.15) is 5.69 Å². The molecule has 2 aromatic heterocycles. The summed E-state index contributed by atoms with van der Waals surface area (Å²) in [7, 11) is 0. The van der Waals surface area contributed by atoms with E-state index in [4.69, 9.17) is 11.6 Å². The summed E-state index contributed by atoms with van der Waals surface area (Å²) >= 11 is 7.99. The monoisotopic (exact) mass is 604 g/mol. The molecular formula is C31H30ClFN6O2S.